The minimum absolute atomic E-state index is 0.0266. The van der Waals surface area contributed by atoms with E-state index in [1.165, 1.54) is 17.3 Å². The van der Waals surface area contributed by atoms with Gasteiger partial charge in [-0.1, -0.05) is 49.4 Å². The van der Waals surface area contributed by atoms with Crippen molar-refractivity contribution in [3.05, 3.63) is 70.6 Å². The Morgan fingerprint density at radius 2 is 1.85 bits per heavy atom. The largest absolute Gasteiger partial charge is 0.383 e. The molecule has 134 valence electrons. The van der Waals surface area contributed by atoms with Crippen molar-refractivity contribution in [2.75, 3.05) is 20.3 Å². The SMILES string of the molecule is CCc1ccc(C=C2SC(=Nc3ccccc3)N(CCOC)C2=O)cc1. The summed E-state index contributed by atoms with van der Waals surface area (Å²) in [6.07, 6.45) is 2.93. The molecule has 0 aromatic heterocycles. The number of nitrogens with zero attached hydrogens (tertiary/aromatic N) is 2. The zero-order valence-electron chi connectivity index (χ0n) is 15.0. The van der Waals surface area contributed by atoms with E-state index in [-0.39, 0.29) is 5.91 Å². The third-order valence-corrected chi connectivity index (χ3v) is 5.08. The van der Waals surface area contributed by atoms with Gasteiger partial charge in [-0.3, -0.25) is 9.69 Å². The maximum atomic E-state index is 12.8. The Morgan fingerprint density at radius 3 is 2.50 bits per heavy atom. The van der Waals surface area contributed by atoms with E-state index >= 15 is 0 Å². The van der Waals surface area contributed by atoms with Crippen LogP contribution in [0.1, 0.15) is 18.1 Å². The molecule has 3 rings (SSSR count). The first kappa shape index (κ1) is 18.4. The Labute approximate surface area is 158 Å². The molecule has 0 radical (unpaired) electrons. The van der Waals surface area contributed by atoms with Crippen molar-refractivity contribution in [1.82, 2.24) is 4.90 Å². The van der Waals surface area contributed by atoms with Crippen LogP contribution in [0.3, 0.4) is 0 Å². The van der Waals surface area contributed by atoms with Gasteiger partial charge in [0.25, 0.3) is 5.91 Å². The number of ether oxygens (including phenoxy) is 1. The maximum Gasteiger partial charge on any atom is 0.266 e. The van der Waals surface area contributed by atoms with Gasteiger partial charge >= 0.3 is 0 Å². The second-order valence-corrected chi connectivity index (χ2v) is 6.89. The lowest BCUT2D eigenvalue weighted by molar-refractivity contribution is -0.122. The fourth-order valence-corrected chi connectivity index (χ4v) is 3.61. The van der Waals surface area contributed by atoms with Gasteiger partial charge in [-0.05, 0) is 47.5 Å². The first-order valence-corrected chi connectivity index (χ1v) is 9.46. The molecule has 0 bridgehead atoms. The molecule has 0 N–H and O–H groups in total. The molecule has 0 saturated carbocycles. The van der Waals surface area contributed by atoms with Crippen LogP contribution in [0.5, 0.6) is 0 Å². The molecule has 1 aliphatic heterocycles. The predicted molar refractivity (Wildman–Crippen MR) is 109 cm³/mol. The van der Waals surface area contributed by atoms with E-state index in [9.17, 15) is 4.79 Å². The Bertz CT molecular complexity index is 814. The molecule has 0 spiro atoms. The second-order valence-electron chi connectivity index (χ2n) is 5.89. The molecule has 1 saturated heterocycles. The van der Waals surface area contributed by atoms with Crippen LogP contribution in [0, 0.1) is 0 Å². The molecule has 1 aliphatic rings. The molecule has 2 aromatic rings. The van der Waals surface area contributed by atoms with Gasteiger partial charge < -0.3 is 4.74 Å². The predicted octanol–water partition coefficient (Wildman–Crippen LogP) is 4.50. The first-order chi connectivity index (χ1) is 12.7. The summed E-state index contributed by atoms with van der Waals surface area (Å²) < 4.78 is 5.15. The molecule has 0 aliphatic carbocycles. The van der Waals surface area contributed by atoms with E-state index in [1.54, 1.807) is 12.0 Å². The molecular formula is C21H22N2O2S. The van der Waals surface area contributed by atoms with Gasteiger partial charge in [0.15, 0.2) is 5.17 Å². The fourth-order valence-electron chi connectivity index (χ4n) is 2.59. The van der Waals surface area contributed by atoms with Crippen molar-refractivity contribution in [2.45, 2.75) is 13.3 Å². The number of thioether (sulfide) groups is 1. The van der Waals surface area contributed by atoms with Gasteiger partial charge in [0, 0.05) is 7.11 Å². The molecular weight excluding hydrogens is 344 g/mol. The van der Waals surface area contributed by atoms with Crippen LogP contribution in [0.15, 0.2) is 64.5 Å². The smallest absolute Gasteiger partial charge is 0.266 e. The second kappa shape index (κ2) is 8.83. The van der Waals surface area contributed by atoms with Crippen molar-refractivity contribution in [3.63, 3.8) is 0 Å². The standard InChI is InChI=1S/C21H22N2O2S/c1-3-16-9-11-17(12-10-16)15-19-20(24)23(13-14-25-2)21(26-19)22-18-7-5-4-6-8-18/h4-12,15H,3,13-14H2,1-2H3. The lowest BCUT2D eigenvalue weighted by Crippen LogP contribution is -2.32. The number of carbonyl (C=O) groups excluding carboxylic acids is 1. The quantitative estimate of drug-likeness (QED) is 0.707. The van der Waals surface area contributed by atoms with E-state index in [0.717, 1.165) is 17.7 Å². The average molecular weight is 366 g/mol. The van der Waals surface area contributed by atoms with E-state index in [1.807, 2.05) is 48.5 Å². The summed E-state index contributed by atoms with van der Waals surface area (Å²) >= 11 is 1.41. The number of aryl methyl sites for hydroxylation is 1. The van der Waals surface area contributed by atoms with Crippen LogP contribution in [0.2, 0.25) is 0 Å². The number of hydrogen-bond donors (Lipinski definition) is 0. The molecule has 26 heavy (non-hydrogen) atoms. The Morgan fingerprint density at radius 1 is 1.12 bits per heavy atom. The topological polar surface area (TPSA) is 41.9 Å². The van der Waals surface area contributed by atoms with Crippen molar-refractivity contribution < 1.29 is 9.53 Å². The van der Waals surface area contributed by atoms with Crippen LogP contribution in [-0.2, 0) is 16.0 Å². The Balaban J connectivity index is 1.89. The minimum Gasteiger partial charge on any atom is -0.383 e. The van der Waals surface area contributed by atoms with Gasteiger partial charge in [-0.2, -0.15) is 0 Å². The van der Waals surface area contributed by atoms with Crippen molar-refractivity contribution in [2.24, 2.45) is 4.99 Å². The van der Waals surface area contributed by atoms with Gasteiger partial charge in [0.05, 0.1) is 23.7 Å². The highest BCUT2D eigenvalue weighted by molar-refractivity contribution is 8.18. The number of amides is 1. The lowest BCUT2D eigenvalue weighted by atomic mass is 10.1. The van der Waals surface area contributed by atoms with Gasteiger partial charge in [0.2, 0.25) is 0 Å². The number of carbonyl (C=O) groups is 1. The Hall–Kier alpha value is -2.37. The van der Waals surface area contributed by atoms with Gasteiger partial charge in [0.1, 0.15) is 0 Å². The van der Waals surface area contributed by atoms with Crippen molar-refractivity contribution >= 4 is 34.6 Å². The number of amidine groups is 1. The molecule has 1 heterocycles. The highest BCUT2D eigenvalue weighted by Crippen LogP contribution is 2.34. The zero-order valence-corrected chi connectivity index (χ0v) is 15.8. The third-order valence-electron chi connectivity index (χ3n) is 4.07. The van der Waals surface area contributed by atoms with Crippen LogP contribution < -0.4 is 0 Å². The molecule has 0 unspecified atom stereocenters. The van der Waals surface area contributed by atoms with Crippen molar-refractivity contribution in [1.29, 1.82) is 0 Å². The van der Waals surface area contributed by atoms with Crippen LogP contribution in [0.4, 0.5) is 5.69 Å². The number of methoxy groups -OCH3 is 1. The number of aliphatic imine (C=N–C) groups is 1. The monoisotopic (exact) mass is 366 g/mol. The highest BCUT2D eigenvalue weighted by Gasteiger charge is 2.33. The van der Waals surface area contributed by atoms with E-state index in [4.69, 9.17) is 4.74 Å². The number of benzene rings is 2. The van der Waals surface area contributed by atoms with Crippen LogP contribution in [0.25, 0.3) is 6.08 Å². The summed E-state index contributed by atoms with van der Waals surface area (Å²) in [5.41, 5.74) is 3.13. The van der Waals surface area contributed by atoms with Gasteiger partial charge in [-0.15, -0.1) is 0 Å². The molecule has 1 fully saturated rings. The molecule has 0 atom stereocenters. The minimum atomic E-state index is -0.0266. The van der Waals surface area contributed by atoms with E-state index < -0.39 is 0 Å². The first-order valence-electron chi connectivity index (χ1n) is 8.64. The average Bonchev–Trinajstić information content (AvgIpc) is 2.96. The zero-order chi connectivity index (χ0) is 18.4. The summed E-state index contributed by atoms with van der Waals surface area (Å²) in [6.45, 7) is 3.09. The van der Waals surface area contributed by atoms with Crippen LogP contribution in [-0.4, -0.2) is 36.2 Å². The van der Waals surface area contributed by atoms with Crippen LogP contribution >= 0.6 is 11.8 Å². The molecule has 2 aromatic carbocycles. The molecule has 5 heteroatoms. The lowest BCUT2D eigenvalue weighted by Gasteiger charge is -2.14. The molecule has 4 nitrogen and oxygen atoms in total. The van der Waals surface area contributed by atoms with E-state index in [0.29, 0.717) is 23.2 Å². The molecule has 1 amide bonds. The maximum absolute atomic E-state index is 12.8. The summed E-state index contributed by atoms with van der Waals surface area (Å²) in [6, 6.07) is 18.0. The number of para-hydroxylation sites is 1. The number of rotatable bonds is 6. The highest BCUT2D eigenvalue weighted by atomic mass is 32.2. The summed E-state index contributed by atoms with van der Waals surface area (Å²) in [7, 11) is 1.63. The van der Waals surface area contributed by atoms with Gasteiger partial charge in [-0.25, -0.2) is 4.99 Å². The summed E-state index contributed by atoms with van der Waals surface area (Å²) in [4.78, 5) is 19.9. The van der Waals surface area contributed by atoms with Crippen molar-refractivity contribution in [3.8, 4) is 0 Å². The summed E-state index contributed by atoms with van der Waals surface area (Å²) in [5, 5.41) is 0.690. The Kier molecular flexibility index (Phi) is 6.26. The normalized spacial score (nSPS) is 17.5. The fraction of sp³-hybridized carbons (Fsp3) is 0.238. The summed E-state index contributed by atoms with van der Waals surface area (Å²) in [5.74, 6) is -0.0266. The third kappa shape index (κ3) is 4.42. The van der Waals surface area contributed by atoms with E-state index in [2.05, 4.69) is 24.0 Å². The number of hydrogen-bond acceptors (Lipinski definition) is 4.